The molecule has 1 aliphatic carbocycles. The zero-order chi connectivity index (χ0) is 12.5. The lowest BCUT2D eigenvalue weighted by Gasteiger charge is -2.40. The van der Waals surface area contributed by atoms with E-state index >= 15 is 0 Å². The Morgan fingerprint density at radius 3 is 2.82 bits per heavy atom. The second-order valence-corrected chi connectivity index (χ2v) is 5.49. The molecule has 0 radical (unpaired) electrons. The number of amides is 1. The molecular formula is C12H17BrN2O2. The molecule has 2 N–H and O–H groups in total. The summed E-state index contributed by atoms with van der Waals surface area (Å²) < 4.78 is 2.79. The average Bonchev–Trinajstić information content (AvgIpc) is 2.65. The van der Waals surface area contributed by atoms with E-state index in [1.165, 1.54) is 0 Å². The Bertz CT molecular complexity index is 419. The number of halogens is 1. The normalized spacial score (nSPS) is 17.6. The second kappa shape index (κ2) is 4.82. The molecule has 1 fully saturated rings. The molecule has 1 aliphatic rings. The van der Waals surface area contributed by atoms with Crippen LogP contribution in [0.5, 0.6) is 0 Å². The number of nitrogens with one attached hydrogen (secondary N) is 1. The van der Waals surface area contributed by atoms with E-state index in [0.717, 1.165) is 30.3 Å². The van der Waals surface area contributed by atoms with Crippen molar-refractivity contribution in [2.24, 2.45) is 0 Å². The largest absolute Gasteiger partial charge is 0.394 e. The van der Waals surface area contributed by atoms with Crippen LogP contribution >= 0.6 is 15.9 Å². The van der Waals surface area contributed by atoms with Crippen LogP contribution in [0.25, 0.3) is 0 Å². The molecule has 1 amide bonds. The Morgan fingerprint density at radius 1 is 1.65 bits per heavy atom. The van der Waals surface area contributed by atoms with Crippen LogP contribution in [-0.2, 0) is 6.54 Å². The van der Waals surface area contributed by atoms with Crippen LogP contribution in [0.15, 0.2) is 16.7 Å². The molecule has 1 heterocycles. The van der Waals surface area contributed by atoms with Gasteiger partial charge in [-0.3, -0.25) is 4.79 Å². The molecule has 4 nitrogen and oxygen atoms in total. The molecular weight excluding hydrogens is 284 g/mol. The van der Waals surface area contributed by atoms with Crippen LogP contribution in [-0.4, -0.2) is 27.7 Å². The summed E-state index contributed by atoms with van der Waals surface area (Å²) in [7, 11) is 0. The number of nitrogens with zero attached hydrogens (tertiary/aromatic N) is 1. The number of aromatic nitrogens is 1. The Hall–Kier alpha value is -0.810. The first kappa shape index (κ1) is 12.6. The van der Waals surface area contributed by atoms with E-state index in [9.17, 15) is 9.90 Å². The fourth-order valence-electron chi connectivity index (χ4n) is 2.16. The number of aryl methyl sites for hydroxylation is 1. The first-order valence-corrected chi connectivity index (χ1v) is 6.68. The van der Waals surface area contributed by atoms with Crippen molar-refractivity contribution >= 4 is 21.8 Å². The van der Waals surface area contributed by atoms with E-state index in [1.807, 2.05) is 23.8 Å². The van der Waals surface area contributed by atoms with Crippen LogP contribution in [0.3, 0.4) is 0 Å². The minimum Gasteiger partial charge on any atom is -0.394 e. The molecule has 0 spiro atoms. The molecule has 94 valence electrons. The molecule has 0 saturated heterocycles. The molecule has 0 aliphatic heterocycles. The Balaban J connectivity index is 2.14. The van der Waals surface area contributed by atoms with Gasteiger partial charge in [-0.25, -0.2) is 0 Å². The van der Waals surface area contributed by atoms with Gasteiger partial charge in [0.2, 0.25) is 0 Å². The Morgan fingerprint density at radius 2 is 2.35 bits per heavy atom. The van der Waals surface area contributed by atoms with Gasteiger partial charge in [-0.2, -0.15) is 0 Å². The highest BCUT2D eigenvalue weighted by molar-refractivity contribution is 9.10. The van der Waals surface area contributed by atoms with Gasteiger partial charge in [-0.1, -0.05) is 0 Å². The lowest BCUT2D eigenvalue weighted by atomic mass is 9.77. The molecule has 5 heteroatoms. The first-order chi connectivity index (χ1) is 8.10. The van der Waals surface area contributed by atoms with Gasteiger partial charge in [0.05, 0.1) is 12.1 Å². The SMILES string of the molecule is CCn1cc(Br)cc1C(=O)NC1(CO)CCC1. The zero-order valence-electron chi connectivity index (χ0n) is 9.87. The lowest BCUT2D eigenvalue weighted by Crippen LogP contribution is -2.56. The molecule has 1 aromatic heterocycles. The average molecular weight is 301 g/mol. The summed E-state index contributed by atoms with van der Waals surface area (Å²) in [4.78, 5) is 12.1. The Labute approximate surface area is 109 Å². The smallest absolute Gasteiger partial charge is 0.268 e. The highest BCUT2D eigenvalue weighted by atomic mass is 79.9. The fraction of sp³-hybridized carbons (Fsp3) is 0.583. The van der Waals surface area contributed by atoms with Gasteiger partial charge in [0, 0.05) is 17.2 Å². The summed E-state index contributed by atoms with van der Waals surface area (Å²) >= 11 is 3.37. The number of carbonyl (C=O) groups excluding carboxylic acids is 1. The van der Waals surface area contributed by atoms with E-state index in [1.54, 1.807) is 0 Å². The van der Waals surface area contributed by atoms with Crippen molar-refractivity contribution in [2.75, 3.05) is 6.61 Å². The van der Waals surface area contributed by atoms with Crippen LogP contribution < -0.4 is 5.32 Å². The minimum absolute atomic E-state index is 0.0206. The van der Waals surface area contributed by atoms with Gasteiger partial charge in [0.25, 0.3) is 5.91 Å². The van der Waals surface area contributed by atoms with Crippen molar-refractivity contribution < 1.29 is 9.90 Å². The van der Waals surface area contributed by atoms with Crippen molar-refractivity contribution in [1.29, 1.82) is 0 Å². The third kappa shape index (κ3) is 2.40. The lowest BCUT2D eigenvalue weighted by molar-refractivity contribution is 0.0634. The van der Waals surface area contributed by atoms with E-state index < -0.39 is 0 Å². The van der Waals surface area contributed by atoms with E-state index in [0.29, 0.717) is 5.69 Å². The van der Waals surface area contributed by atoms with Crippen molar-refractivity contribution in [3.8, 4) is 0 Å². The Kier molecular flexibility index (Phi) is 3.58. The minimum atomic E-state index is -0.383. The monoisotopic (exact) mass is 300 g/mol. The topological polar surface area (TPSA) is 54.3 Å². The number of hydrogen-bond acceptors (Lipinski definition) is 2. The zero-order valence-corrected chi connectivity index (χ0v) is 11.5. The van der Waals surface area contributed by atoms with E-state index in [-0.39, 0.29) is 18.1 Å². The number of rotatable bonds is 4. The van der Waals surface area contributed by atoms with Gasteiger partial charge in [0.1, 0.15) is 5.69 Å². The third-order valence-electron chi connectivity index (χ3n) is 3.43. The summed E-state index contributed by atoms with van der Waals surface area (Å²) in [6.07, 6.45) is 4.69. The van der Waals surface area contributed by atoms with Crippen molar-refractivity contribution in [3.63, 3.8) is 0 Å². The van der Waals surface area contributed by atoms with Crippen LogP contribution in [0.1, 0.15) is 36.7 Å². The van der Waals surface area contributed by atoms with Crippen molar-refractivity contribution in [1.82, 2.24) is 9.88 Å². The number of aliphatic hydroxyl groups is 1. The summed E-state index contributed by atoms with van der Waals surface area (Å²) in [5.74, 6) is -0.105. The maximum atomic E-state index is 12.1. The van der Waals surface area contributed by atoms with Crippen molar-refractivity contribution in [3.05, 3.63) is 22.4 Å². The summed E-state index contributed by atoms with van der Waals surface area (Å²) in [6, 6.07) is 1.81. The number of aliphatic hydroxyl groups excluding tert-OH is 1. The maximum Gasteiger partial charge on any atom is 0.268 e. The van der Waals surface area contributed by atoms with Gasteiger partial charge in [-0.05, 0) is 48.2 Å². The van der Waals surface area contributed by atoms with Crippen LogP contribution in [0, 0.1) is 0 Å². The van der Waals surface area contributed by atoms with E-state index in [2.05, 4.69) is 21.2 Å². The number of carbonyl (C=O) groups is 1. The molecule has 0 unspecified atom stereocenters. The van der Waals surface area contributed by atoms with Gasteiger partial charge < -0.3 is 15.0 Å². The summed E-state index contributed by atoms with van der Waals surface area (Å²) in [6.45, 7) is 2.77. The van der Waals surface area contributed by atoms with Gasteiger partial charge >= 0.3 is 0 Å². The van der Waals surface area contributed by atoms with Crippen molar-refractivity contribution in [2.45, 2.75) is 38.3 Å². The van der Waals surface area contributed by atoms with E-state index in [4.69, 9.17) is 0 Å². The standard InChI is InChI=1S/C12H17BrN2O2/c1-2-15-7-9(13)6-10(15)11(17)14-12(8-16)4-3-5-12/h6-7,16H,2-5,8H2,1H3,(H,14,17). The second-order valence-electron chi connectivity index (χ2n) is 4.58. The molecule has 1 aromatic rings. The highest BCUT2D eigenvalue weighted by Gasteiger charge is 2.38. The molecule has 2 rings (SSSR count). The summed E-state index contributed by atoms with van der Waals surface area (Å²) in [5, 5.41) is 12.3. The third-order valence-corrected chi connectivity index (χ3v) is 3.86. The predicted octanol–water partition coefficient (Wildman–Crippen LogP) is 1.92. The van der Waals surface area contributed by atoms with Gasteiger partial charge in [-0.15, -0.1) is 0 Å². The fourth-order valence-corrected chi connectivity index (χ4v) is 2.62. The van der Waals surface area contributed by atoms with Crippen LogP contribution in [0.4, 0.5) is 0 Å². The first-order valence-electron chi connectivity index (χ1n) is 5.89. The maximum absolute atomic E-state index is 12.1. The molecule has 1 saturated carbocycles. The molecule has 0 atom stereocenters. The molecule has 0 aromatic carbocycles. The highest BCUT2D eigenvalue weighted by Crippen LogP contribution is 2.31. The quantitative estimate of drug-likeness (QED) is 0.892. The predicted molar refractivity (Wildman–Crippen MR) is 68.9 cm³/mol. The molecule has 17 heavy (non-hydrogen) atoms. The summed E-state index contributed by atoms with van der Waals surface area (Å²) in [5.41, 5.74) is 0.256. The van der Waals surface area contributed by atoms with Gasteiger partial charge in [0.15, 0.2) is 0 Å². The molecule has 0 bridgehead atoms. The number of hydrogen-bond donors (Lipinski definition) is 2. The van der Waals surface area contributed by atoms with Crippen LogP contribution in [0.2, 0.25) is 0 Å².